The maximum atomic E-state index is 13.1. The molecule has 0 saturated carbocycles. The van der Waals surface area contributed by atoms with Crippen LogP contribution in [0.25, 0.3) is 0 Å². The molecule has 0 spiro atoms. The van der Waals surface area contributed by atoms with Crippen LogP contribution in [0.5, 0.6) is 11.5 Å². The monoisotopic (exact) mass is 465 g/mol. The number of likely N-dealkylation sites (N-methyl/N-ethyl adjacent to an activating group) is 1. The third kappa shape index (κ3) is 4.74. The standard InChI is InChI=1S/C24H27N5O3S/c1-28-9-11-29(12-10-28)18-6-4-17(5-7-18)26-24-27-23(25)22(33-24)21(30)16-3-8-19-20(15-16)32-14-2-13-31-19/h3-8,15H,2,9-14,25H2,1H3,(H,26,27). The molecule has 2 aromatic carbocycles. The lowest BCUT2D eigenvalue weighted by Gasteiger charge is -2.34. The quantitative estimate of drug-likeness (QED) is 0.552. The number of nitrogen functional groups attached to an aromatic ring is 1. The largest absolute Gasteiger partial charge is 0.490 e. The molecule has 8 nitrogen and oxygen atoms in total. The van der Waals surface area contributed by atoms with E-state index in [1.807, 2.05) is 12.1 Å². The normalized spacial score (nSPS) is 16.3. The third-order valence-electron chi connectivity index (χ3n) is 5.86. The minimum Gasteiger partial charge on any atom is -0.490 e. The van der Waals surface area contributed by atoms with Crippen LogP contribution in [0.1, 0.15) is 21.7 Å². The van der Waals surface area contributed by atoms with Crippen molar-refractivity contribution < 1.29 is 14.3 Å². The minimum atomic E-state index is -0.181. The van der Waals surface area contributed by atoms with Gasteiger partial charge in [0.15, 0.2) is 16.6 Å². The lowest BCUT2D eigenvalue weighted by Crippen LogP contribution is -2.44. The van der Waals surface area contributed by atoms with Gasteiger partial charge in [-0.3, -0.25) is 4.79 Å². The Morgan fingerprint density at radius 2 is 1.76 bits per heavy atom. The van der Waals surface area contributed by atoms with Crippen LogP contribution in [0.2, 0.25) is 0 Å². The Hall–Kier alpha value is -3.30. The average Bonchev–Trinajstić information content (AvgIpc) is 3.03. The molecule has 1 fully saturated rings. The van der Waals surface area contributed by atoms with Crippen molar-refractivity contribution in [3.63, 3.8) is 0 Å². The predicted molar refractivity (Wildman–Crippen MR) is 131 cm³/mol. The van der Waals surface area contributed by atoms with Crippen molar-refractivity contribution >= 4 is 39.4 Å². The summed E-state index contributed by atoms with van der Waals surface area (Å²) in [5, 5.41) is 3.85. The van der Waals surface area contributed by atoms with Crippen LogP contribution in [-0.2, 0) is 0 Å². The van der Waals surface area contributed by atoms with Crippen LogP contribution in [-0.4, -0.2) is 62.1 Å². The first kappa shape index (κ1) is 21.5. The Balaban J connectivity index is 1.29. The molecule has 1 saturated heterocycles. The number of thiazole rings is 1. The fourth-order valence-electron chi connectivity index (χ4n) is 3.93. The van der Waals surface area contributed by atoms with E-state index >= 15 is 0 Å². The van der Waals surface area contributed by atoms with Crippen molar-refractivity contribution in [2.24, 2.45) is 0 Å². The van der Waals surface area contributed by atoms with Crippen molar-refractivity contribution in [1.82, 2.24) is 9.88 Å². The van der Waals surface area contributed by atoms with Crippen molar-refractivity contribution in [3.8, 4) is 11.5 Å². The van der Waals surface area contributed by atoms with E-state index in [9.17, 15) is 4.79 Å². The summed E-state index contributed by atoms with van der Waals surface area (Å²) in [5.74, 6) is 1.27. The van der Waals surface area contributed by atoms with Gasteiger partial charge < -0.3 is 30.3 Å². The molecule has 3 aromatic rings. The number of aromatic nitrogens is 1. The summed E-state index contributed by atoms with van der Waals surface area (Å²) in [4.78, 5) is 22.6. The Labute approximate surface area is 196 Å². The number of nitrogens with one attached hydrogen (secondary N) is 1. The summed E-state index contributed by atoms with van der Waals surface area (Å²) in [5.41, 5.74) is 8.70. The summed E-state index contributed by atoms with van der Waals surface area (Å²) in [6.45, 7) is 5.36. The SMILES string of the molecule is CN1CCN(c2ccc(Nc3nc(N)c(C(=O)c4ccc5c(c4)OCCCO5)s3)cc2)CC1. The highest BCUT2D eigenvalue weighted by atomic mass is 32.1. The van der Waals surface area contributed by atoms with Crippen LogP contribution >= 0.6 is 11.3 Å². The molecule has 3 N–H and O–H groups in total. The molecule has 0 atom stereocenters. The number of carbonyl (C=O) groups excluding carboxylic acids is 1. The van der Waals surface area contributed by atoms with Crippen molar-refractivity contribution in [1.29, 1.82) is 0 Å². The lowest BCUT2D eigenvalue weighted by atomic mass is 10.1. The first-order chi connectivity index (χ1) is 16.1. The van der Waals surface area contributed by atoms with Gasteiger partial charge in [-0.1, -0.05) is 11.3 Å². The van der Waals surface area contributed by atoms with Crippen molar-refractivity contribution in [2.45, 2.75) is 6.42 Å². The number of rotatable bonds is 5. The van der Waals surface area contributed by atoms with E-state index < -0.39 is 0 Å². The third-order valence-corrected chi connectivity index (χ3v) is 6.84. The fourth-order valence-corrected chi connectivity index (χ4v) is 4.79. The van der Waals surface area contributed by atoms with Gasteiger partial charge in [0.2, 0.25) is 5.78 Å². The molecule has 3 heterocycles. The minimum absolute atomic E-state index is 0.181. The highest BCUT2D eigenvalue weighted by Crippen LogP contribution is 2.34. The molecule has 0 bridgehead atoms. The number of benzene rings is 2. The molecule has 9 heteroatoms. The number of fused-ring (bicyclic) bond motifs is 1. The molecule has 0 aliphatic carbocycles. The van der Waals surface area contributed by atoms with E-state index in [-0.39, 0.29) is 11.6 Å². The van der Waals surface area contributed by atoms with Crippen LogP contribution in [0.3, 0.4) is 0 Å². The fraction of sp³-hybridized carbons (Fsp3) is 0.333. The number of anilines is 4. The van der Waals surface area contributed by atoms with Gasteiger partial charge in [-0.25, -0.2) is 4.98 Å². The Bertz CT molecular complexity index is 1140. The van der Waals surface area contributed by atoms with Gasteiger partial charge in [0.05, 0.1) is 13.2 Å². The number of ether oxygens (including phenoxy) is 2. The van der Waals surface area contributed by atoms with Gasteiger partial charge >= 0.3 is 0 Å². The lowest BCUT2D eigenvalue weighted by molar-refractivity contribution is 0.104. The molecule has 2 aliphatic rings. The summed E-state index contributed by atoms with van der Waals surface area (Å²) < 4.78 is 11.4. The number of ketones is 1. The zero-order valence-corrected chi connectivity index (χ0v) is 19.4. The van der Waals surface area contributed by atoms with Crippen molar-refractivity contribution in [3.05, 3.63) is 52.9 Å². The number of nitrogens with two attached hydrogens (primary N) is 1. The maximum absolute atomic E-state index is 13.1. The van der Waals surface area contributed by atoms with E-state index in [2.05, 4.69) is 39.3 Å². The van der Waals surface area contributed by atoms with Gasteiger partial charge in [-0.05, 0) is 49.5 Å². The molecule has 172 valence electrons. The van der Waals surface area contributed by atoms with Crippen molar-refractivity contribution in [2.75, 3.05) is 62.4 Å². The number of piperazine rings is 1. The summed E-state index contributed by atoms with van der Waals surface area (Å²) in [6, 6.07) is 13.5. The Morgan fingerprint density at radius 3 is 2.52 bits per heavy atom. The summed E-state index contributed by atoms with van der Waals surface area (Å²) in [7, 11) is 2.15. The molecule has 1 aromatic heterocycles. The van der Waals surface area contributed by atoms with Crippen LogP contribution in [0, 0.1) is 0 Å². The molecule has 0 unspecified atom stereocenters. The summed E-state index contributed by atoms with van der Waals surface area (Å²) in [6.07, 6.45) is 0.811. The molecule has 5 rings (SSSR count). The highest BCUT2D eigenvalue weighted by molar-refractivity contribution is 7.18. The maximum Gasteiger partial charge on any atom is 0.206 e. The molecular weight excluding hydrogens is 438 g/mol. The number of carbonyl (C=O) groups is 1. The van der Waals surface area contributed by atoms with Crippen LogP contribution in [0.4, 0.5) is 22.3 Å². The van der Waals surface area contributed by atoms with Crippen LogP contribution < -0.4 is 25.4 Å². The number of hydrogen-bond donors (Lipinski definition) is 2. The number of hydrogen-bond acceptors (Lipinski definition) is 9. The Morgan fingerprint density at radius 1 is 1.03 bits per heavy atom. The molecule has 0 radical (unpaired) electrons. The predicted octanol–water partition coefficient (Wildman–Crippen LogP) is 3.61. The van der Waals surface area contributed by atoms with E-state index in [0.717, 1.165) is 38.3 Å². The Kier molecular flexibility index (Phi) is 6.06. The molecular formula is C24H27N5O3S. The van der Waals surface area contributed by atoms with Gasteiger partial charge in [-0.2, -0.15) is 0 Å². The second-order valence-electron chi connectivity index (χ2n) is 8.24. The van der Waals surface area contributed by atoms with Gasteiger partial charge in [0, 0.05) is 49.5 Å². The zero-order valence-electron chi connectivity index (χ0n) is 18.5. The first-order valence-electron chi connectivity index (χ1n) is 11.1. The second kappa shape index (κ2) is 9.29. The molecule has 2 aliphatic heterocycles. The zero-order chi connectivity index (χ0) is 22.8. The average molecular weight is 466 g/mol. The highest BCUT2D eigenvalue weighted by Gasteiger charge is 2.21. The summed E-state index contributed by atoms with van der Waals surface area (Å²) >= 11 is 1.25. The first-order valence-corrected chi connectivity index (χ1v) is 11.9. The van der Waals surface area contributed by atoms with Gasteiger partial charge in [0.25, 0.3) is 0 Å². The second-order valence-corrected chi connectivity index (χ2v) is 9.24. The van der Waals surface area contributed by atoms with E-state index in [1.165, 1.54) is 17.0 Å². The van der Waals surface area contributed by atoms with E-state index in [1.54, 1.807) is 18.2 Å². The van der Waals surface area contributed by atoms with Crippen LogP contribution in [0.15, 0.2) is 42.5 Å². The van der Waals surface area contributed by atoms with E-state index in [0.29, 0.717) is 40.3 Å². The van der Waals surface area contributed by atoms with Gasteiger partial charge in [0.1, 0.15) is 10.7 Å². The smallest absolute Gasteiger partial charge is 0.206 e. The topological polar surface area (TPSA) is 93.0 Å². The van der Waals surface area contributed by atoms with Gasteiger partial charge in [-0.15, -0.1) is 0 Å². The molecule has 33 heavy (non-hydrogen) atoms. The molecule has 0 amide bonds. The number of nitrogens with zero attached hydrogens (tertiary/aromatic N) is 3. The van der Waals surface area contributed by atoms with E-state index in [4.69, 9.17) is 15.2 Å².